The molecule has 1 atom stereocenters. The van der Waals surface area contributed by atoms with Crippen LogP contribution in [0.25, 0.3) is 0 Å². The molecular weight excluding hydrogens is 302 g/mol. The molecule has 1 aromatic rings. The van der Waals surface area contributed by atoms with Gasteiger partial charge in [-0.25, -0.2) is 4.98 Å². The summed E-state index contributed by atoms with van der Waals surface area (Å²) in [6.07, 6.45) is 7.05. The molecule has 3 aliphatic heterocycles. The lowest BCUT2D eigenvalue weighted by atomic mass is 9.90. The number of hydrogen-bond donors (Lipinski definition) is 0. The standard InChI is InChI=1S/C19H29N3O2/c1-19(23-11-12-24-19)17-5-4-8-21(15-17)14-16-6-7-18(20-13-16)22-9-2-3-10-22/h6-7,13,17H,2-5,8-12,14-15H2,1H3. The Kier molecular flexibility index (Phi) is 4.74. The molecule has 1 aromatic heterocycles. The molecule has 0 radical (unpaired) electrons. The summed E-state index contributed by atoms with van der Waals surface area (Å²) in [7, 11) is 0. The van der Waals surface area contributed by atoms with Gasteiger partial charge in [0.2, 0.25) is 0 Å². The summed E-state index contributed by atoms with van der Waals surface area (Å²) >= 11 is 0. The molecule has 24 heavy (non-hydrogen) atoms. The van der Waals surface area contributed by atoms with Gasteiger partial charge >= 0.3 is 0 Å². The molecule has 3 fully saturated rings. The first-order valence-electron chi connectivity index (χ1n) is 9.43. The number of likely N-dealkylation sites (tertiary alicyclic amines) is 1. The predicted octanol–water partition coefficient (Wildman–Crippen LogP) is 2.66. The fourth-order valence-electron chi connectivity index (χ4n) is 4.29. The van der Waals surface area contributed by atoms with Gasteiger partial charge in [-0.05, 0) is 50.8 Å². The van der Waals surface area contributed by atoms with Crippen molar-refractivity contribution in [3.63, 3.8) is 0 Å². The lowest BCUT2D eigenvalue weighted by Crippen LogP contribution is -2.46. The molecule has 5 heteroatoms. The molecule has 0 amide bonds. The molecule has 1 unspecified atom stereocenters. The van der Waals surface area contributed by atoms with E-state index in [-0.39, 0.29) is 5.79 Å². The average molecular weight is 331 g/mol. The summed E-state index contributed by atoms with van der Waals surface area (Å²) in [5.74, 6) is 1.22. The van der Waals surface area contributed by atoms with Crippen molar-refractivity contribution < 1.29 is 9.47 Å². The first-order valence-corrected chi connectivity index (χ1v) is 9.43. The largest absolute Gasteiger partial charge is 0.357 e. The fraction of sp³-hybridized carbons (Fsp3) is 0.737. The maximum atomic E-state index is 5.88. The summed E-state index contributed by atoms with van der Waals surface area (Å²) in [4.78, 5) is 9.60. The average Bonchev–Trinajstić information content (AvgIpc) is 3.28. The van der Waals surface area contributed by atoms with Gasteiger partial charge in [0.15, 0.2) is 5.79 Å². The molecule has 0 bridgehead atoms. The second kappa shape index (κ2) is 6.98. The number of piperidine rings is 1. The minimum atomic E-state index is -0.378. The van der Waals surface area contributed by atoms with Crippen LogP contribution >= 0.6 is 0 Å². The van der Waals surface area contributed by atoms with Crippen LogP contribution in [0.15, 0.2) is 18.3 Å². The van der Waals surface area contributed by atoms with Gasteiger partial charge in [0.05, 0.1) is 13.2 Å². The van der Waals surface area contributed by atoms with Gasteiger partial charge < -0.3 is 14.4 Å². The van der Waals surface area contributed by atoms with Gasteiger partial charge in [-0.3, -0.25) is 4.90 Å². The molecule has 0 aliphatic carbocycles. The molecule has 4 rings (SSSR count). The highest BCUT2D eigenvalue weighted by molar-refractivity contribution is 5.40. The SMILES string of the molecule is CC1(C2CCCN(Cc3ccc(N4CCCC4)nc3)C2)OCCO1. The second-order valence-electron chi connectivity index (χ2n) is 7.51. The van der Waals surface area contributed by atoms with E-state index in [4.69, 9.17) is 9.47 Å². The fourth-order valence-corrected chi connectivity index (χ4v) is 4.29. The number of ether oxygens (including phenoxy) is 2. The summed E-state index contributed by atoms with van der Waals surface area (Å²) in [5, 5.41) is 0. The molecule has 0 saturated carbocycles. The number of pyridine rings is 1. The Morgan fingerprint density at radius 1 is 1.12 bits per heavy atom. The van der Waals surface area contributed by atoms with Crippen LogP contribution in [0.3, 0.4) is 0 Å². The van der Waals surface area contributed by atoms with E-state index < -0.39 is 0 Å². The van der Waals surface area contributed by atoms with E-state index in [9.17, 15) is 0 Å². The maximum absolute atomic E-state index is 5.88. The van der Waals surface area contributed by atoms with Crippen LogP contribution in [0.4, 0.5) is 5.82 Å². The zero-order valence-electron chi connectivity index (χ0n) is 14.7. The molecule has 3 aliphatic rings. The van der Waals surface area contributed by atoms with Crippen molar-refractivity contribution in [3.8, 4) is 0 Å². The normalized spacial score (nSPS) is 27.7. The van der Waals surface area contributed by atoms with E-state index in [1.807, 2.05) is 0 Å². The molecule has 4 heterocycles. The van der Waals surface area contributed by atoms with Crippen molar-refractivity contribution in [3.05, 3.63) is 23.9 Å². The van der Waals surface area contributed by atoms with Crippen LogP contribution in [0.2, 0.25) is 0 Å². The summed E-state index contributed by atoms with van der Waals surface area (Å²) in [6.45, 7) is 9.05. The van der Waals surface area contributed by atoms with E-state index in [1.165, 1.54) is 31.2 Å². The van der Waals surface area contributed by atoms with Crippen LogP contribution in [-0.2, 0) is 16.0 Å². The van der Waals surface area contributed by atoms with Gasteiger partial charge in [-0.1, -0.05) is 6.07 Å². The van der Waals surface area contributed by atoms with Gasteiger partial charge in [0.1, 0.15) is 5.82 Å². The van der Waals surface area contributed by atoms with Crippen molar-refractivity contribution in [1.82, 2.24) is 9.88 Å². The number of anilines is 1. The predicted molar refractivity (Wildman–Crippen MR) is 94.0 cm³/mol. The summed E-state index contributed by atoms with van der Waals surface area (Å²) < 4.78 is 11.8. The van der Waals surface area contributed by atoms with E-state index in [0.717, 1.165) is 51.8 Å². The zero-order chi connectivity index (χ0) is 16.4. The quantitative estimate of drug-likeness (QED) is 0.848. The number of aromatic nitrogens is 1. The van der Waals surface area contributed by atoms with Crippen LogP contribution in [0, 0.1) is 5.92 Å². The third-order valence-electron chi connectivity index (χ3n) is 5.75. The highest BCUT2D eigenvalue weighted by atomic mass is 16.7. The van der Waals surface area contributed by atoms with E-state index in [1.54, 1.807) is 0 Å². The van der Waals surface area contributed by atoms with Crippen LogP contribution in [-0.4, -0.2) is 55.1 Å². The topological polar surface area (TPSA) is 37.8 Å². The van der Waals surface area contributed by atoms with Crippen molar-refractivity contribution >= 4 is 5.82 Å². The molecule has 0 spiro atoms. The Bertz CT molecular complexity index is 536. The molecule has 5 nitrogen and oxygen atoms in total. The Labute approximate surface area is 144 Å². The molecule has 3 saturated heterocycles. The van der Waals surface area contributed by atoms with Crippen LogP contribution in [0.1, 0.15) is 38.2 Å². The maximum Gasteiger partial charge on any atom is 0.169 e. The Morgan fingerprint density at radius 3 is 2.62 bits per heavy atom. The highest BCUT2D eigenvalue weighted by Crippen LogP contribution is 2.34. The number of nitrogens with zero attached hydrogens (tertiary/aromatic N) is 3. The van der Waals surface area contributed by atoms with Crippen molar-refractivity contribution in [2.75, 3.05) is 44.3 Å². The smallest absolute Gasteiger partial charge is 0.169 e. The minimum Gasteiger partial charge on any atom is -0.357 e. The van der Waals surface area contributed by atoms with Gasteiger partial charge in [0.25, 0.3) is 0 Å². The Morgan fingerprint density at radius 2 is 1.92 bits per heavy atom. The highest BCUT2D eigenvalue weighted by Gasteiger charge is 2.41. The third-order valence-corrected chi connectivity index (χ3v) is 5.75. The summed E-state index contributed by atoms with van der Waals surface area (Å²) in [6, 6.07) is 4.43. The lowest BCUT2D eigenvalue weighted by molar-refractivity contribution is -0.192. The first kappa shape index (κ1) is 16.3. The summed E-state index contributed by atoms with van der Waals surface area (Å²) in [5.41, 5.74) is 1.30. The first-order chi connectivity index (χ1) is 11.7. The minimum absolute atomic E-state index is 0.378. The second-order valence-corrected chi connectivity index (χ2v) is 7.51. The van der Waals surface area contributed by atoms with E-state index in [0.29, 0.717) is 5.92 Å². The molecule has 0 N–H and O–H groups in total. The van der Waals surface area contributed by atoms with Crippen molar-refractivity contribution in [1.29, 1.82) is 0 Å². The molecular formula is C19H29N3O2. The van der Waals surface area contributed by atoms with Crippen LogP contribution < -0.4 is 4.90 Å². The van der Waals surface area contributed by atoms with Crippen molar-refractivity contribution in [2.24, 2.45) is 5.92 Å². The monoisotopic (exact) mass is 331 g/mol. The van der Waals surface area contributed by atoms with Gasteiger partial charge in [0, 0.05) is 38.3 Å². The Hall–Kier alpha value is -1.17. The van der Waals surface area contributed by atoms with Crippen LogP contribution in [0.5, 0.6) is 0 Å². The third kappa shape index (κ3) is 3.44. The van der Waals surface area contributed by atoms with E-state index >= 15 is 0 Å². The van der Waals surface area contributed by atoms with Gasteiger partial charge in [-0.2, -0.15) is 0 Å². The molecule has 0 aromatic carbocycles. The zero-order valence-corrected chi connectivity index (χ0v) is 14.7. The van der Waals surface area contributed by atoms with Gasteiger partial charge in [-0.15, -0.1) is 0 Å². The van der Waals surface area contributed by atoms with Crippen molar-refractivity contribution in [2.45, 2.75) is 44.9 Å². The lowest BCUT2D eigenvalue weighted by Gasteiger charge is -2.40. The Balaban J connectivity index is 1.36. The van der Waals surface area contributed by atoms with E-state index in [2.05, 4.69) is 40.0 Å². The number of hydrogen-bond acceptors (Lipinski definition) is 5. The number of rotatable bonds is 4. The molecule has 132 valence electrons.